The molecule has 0 heterocycles. The number of hydrogen-bond donors (Lipinski definition) is 0. The van der Waals surface area contributed by atoms with Crippen molar-refractivity contribution in [1.29, 1.82) is 0 Å². The molecule has 0 saturated carbocycles. The number of hydrogen-bond acceptors (Lipinski definition) is 0. The van der Waals surface area contributed by atoms with Gasteiger partial charge in [-0.25, -0.2) is 0 Å². The van der Waals surface area contributed by atoms with Crippen LogP contribution in [0.15, 0.2) is 58.2 Å². The molecule has 0 heteroatoms. The summed E-state index contributed by atoms with van der Waals surface area (Å²) < 4.78 is 0. The van der Waals surface area contributed by atoms with Gasteiger partial charge < -0.3 is 0 Å². The summed E-state index contributed by atoms with van der Waals surface area (Å²) in [5.41, 5.74) is 7.48. The lowest BCUT2D eigenvalue weighted by Crippen LogP contribution is -1.77. The predicted octanol–water partition coefficient (Wildman–Crippen LogP) is 5.27. The summed E-state index contributed by atoms with van der Waals surface area (Å²) in [7, 11) is 0. The lowest BCUT2D eigenvalue weighted by atomic mass is 10.1. The molecule has 0 aromatic heterocycles. The Labute approximate surface area is 105 Å². The highest BCUT2D eigenvalue weighted by Gasteiger charge is 2.12. The topological polar surface area (TPSA) is 0 Å². The largest absolute Gasteiger partial charge is 0.0842 e. The summed E-state index contributed by atoms with van der Waals surface area (Å²) in [5.74, 6) is 0. The monoisotopic (exact) mass is 226 g/mol. The molecule has 0 aliphatic heterocycles. The Kier molecular flexibility index (Phi) is 3.83. The van der Waals surface area contributed by atoms with Crippen molar-refractivity contribution in [1.82, 2.24) is 0 Å². The second-order valence-corrected chi connectivity index (χ2v) is 4.94. The fraction of sp³-hybridized carbons (Fsp3) is 0.412. The Balaban J connectivity index is 2.08. The van der Waals surface area contributed by atoms with E-state index in [0.29, 0.717) is 0 Å². The molecule has 2 aliphatic rings. The Morgan fingerprint density at radius 3 is 2.47 bits per heavy atom. The Bertz CT molecular complexity index is 450. The van der Waals surface area contributed by atoms with Crippen molar-refractivity contribution in [3.8, 4) is 0 Å². The van der Waals surface area contributed by atoms with Crippen molar-refractivity contribution in [3.05, 3.63) is 58.2 Å². The van der Waals surface area contributed by atoms with Crippen LogP contribution in [-0.2, 0) is 0 Å². The fourth-order valence-corrected chi connectivity index (χ4v) is 2.69. The van der Waals surface area contributed by atoms with Crippen LogP contribution in [0.1, 0.15) is 46.5 Å². The number of rotatable bonds is 2. The molecule has 0 N–H and O–H groups in total. The van der Waals surface area contributed by atoms with E-state index in [-0.39, 0.29) is 0 Å². The van der Waals surface area contributed by atoms with Crippen LogP contribution in [0.2, 0.25) is 0 Å². The zero-order valence-electron chi connectivity index (χ0n) is 11.2. The highest BCUT2D eigenvalue weighted by Crippen LogP contribution is 2.31. The minimum atomic E-state index is 1.21. The van der Waals surface area contributed by atoms with Gasteiger partial charge >= 0.3 is 0 Å². The van der Waals surface area contributed by atoms with Crippen LogP contribution in [0.5, 0.6) is 0 Å². The molecule has 0 nitrogen and oxygen atoms in total. The molecule has 0 unspecified atom stereocenters. The van der Waals surface area contributed by atoms with Gasteiger partial charge in [-0.2, -0.15) is 0 Å². The van der Waals surface area contributed by atoms with Gasteiger partial charge in [-0.05, 0) is 68.7 Å². The predicted molar refractivity (Wildman–Crippen MR) is 75.9 cm³/mol. The highest BCUT2D eigenvalue weighted by atomic mass is 14.2. The van der Waals surface area contributed by atoms with Crippen molar-refractivity contribution >= 4 is 0 Å². The molecule has 0 aromatic rings. The van der Waals surface area contributed by atoms with Crippen LogP contribution in [0.4, 0.5) is 0 Å². The van der Waals surface area contributed by atoms with Gasteiger partial charge in [0.05, 0.1) is 0 Å². The van der Waals surface area contributed by atoms with Crippen molar-refractivity contribution in [3.63, 3.8) is 0 Å². The molecular formula is C17H22. The van der Waals surface area contributed by atoms with E-state index >= 15 is 0 Å². The van der Waals surface area contributed by atoms with E-state index in [4.69, 9.17) is 0 Å². The molecule has 0 aromatic carbocycles. The van der Waals surface area contributed by atoms with E-state index in [0.717, 1.165) is 0 Å². The SMILES string of the molecule is C/C=C1\CCC(/C=C/C=C2\CCC=C2C)=C1C. The molecule has 0 atom stereocenters. The highest BCUT2D eigenvalue weighted by molar-refractivity contribution is 5.45. The smallest absolute Gasteiger partial charge is 0.0236 e. The lowest BCUT2D eigenvalue weighted by molar-refractivity contribution is 1.03. The van der Waals surface area contributed by atoms with E-state index in [2.05, 4.69) is 51.2 Å². The minimum Gasteiger partial charge on any atom is -0.0842 e. The first-order chi connectivity index (χ1) is 8.22. The van der Waals surface area contributed by atoms with Crippen molar-refractivity contribution in [2.24, 2.45) is 0 Å². The Morgan fingerprint density at radius 2 is 1.88 bits per heavy atom. The lowest BCUT2D eigenvalue weighted by Gasteiger charge is -1.98. The van der Waals surface area contributed by atoms with Gasteiger partial charge in [0.25, 0.3) is 0 Å². The zero-order valence-corrected chi connectivity index (χ0v) is 11.2. The molecule has 0 radical (unpaired) electrons. The molecular weight excluding hydrogens is 204 g/mol. The van der Waals surface area contributed by atoms with Crippen LogP contribution in [-0.4, -0.2) is 0 Å². The number of allylic oxidation sites excluding steroid dienone is 10. The molecule has 17 heavy (non-hydrogen) atoms. The van der Waals surface area contributed by atoms with Gasteiger partial charge in [-0.15, -0.1) is 0 Å². The van der Waals surface area contributed by atoms with E-state index in [1.54, 1.807) is 0 Å². The average Bonchev–Trinajstić information content (AvgIpc) is 2.87. The van der Waals surface area contributed by atoms with Gasteiger partial charge in [-0.3, -0.25) is 0 Å². The van der Waals surface area contributed by atoms with Crippen molar-refractivity contribution in [2.45, 2.75) is 46.5 Å². The van der Waals surface area contributed by atoms with Gasteiger partial charge in [-0.1, -0.05) is 36.0 Å². The first-order valence-electron chi connectivity index (χ1n) is 6.62. The second-order valence-electron chi connectivity index (χ2n) is 4.94. The maximum Gasteiger partial charge on any atom is -0.0236 e. The van der Waals surface area contributed by atoms with Crippen LogP contribution < -0.4 is 0 Å². The fourth-order valence-electron chi connectivity index (χ4n) is 2.69. The second kappa shape index (κ2) is 5.35. The third kappa shape index (κ3) is 2.69. The van der Waals surface area contributed by atoms with E-state index in [1.165, 1.54) is 53.5 Å². The van der Waals surface area contributed by atoms with Crippen LogP contribution in [0.3, 0.4) is 0 Å². The third-order valence-corrected chi connectivity index (χ3v) is 3.94. The maximum atomic E-state index is 2.33. The standard InChI is InChI=1S/C17H22/c1-4-15-11-12-17(14(15)3)10-6-9-16-8-5-7-13(16)2/h4,6-7,9-10H,5,8,11-12H2,1-3H3/b10-6+,15-4+,16-9+. The van der Waals surface area contributed by atoms with Crippen LogP contribution in [0, 0.1) is 0 Å². The first kappa shape index (κ1) is 12.2. The molecule has 0 amide bonds. The summed E-state index contributed by atoms with van der Waals surface area (Å²) in [6.45, 7) is 6.60. The first-order valence-corrected chi connectivity index (χ1v) is 6.62. The third-order valence-electron chi connectivity index (χ3n) is 3.94. The van der Waals surface area contributed by atoms with Crippen molar-refractivity contribution < 1.29 is 0 Å². The molecule has 0 fully saturated rings. The van der Waals surface area contributed by atoms with E-state index in [9.17, 15) is 0 Å². The van der Waals surface area contributed by atoms with Gasteiger partial charge in [0.2, 0.25) is 0 Å². The quantitative estimate of drug-likeness (QED) is 0.602. The molecule has 0 spiro atoms. The van der Waals surface area contributed by atoms with E-state index in [1.807, 2.05) is 0 Å². The summed E-state index contributed by atoms with van der Waals surface area (Å²) >= 11 is 0. The summed E-state index contributed by atoms with van der Waals surface area (Å²) in [6, 6.07) is 0. The average molecular weight is 226 g/mol. The molecule has 90 valence electrons. The summed E-state index contributed by atoms with van der Waals surface area (Å²) in [6.07, 6.45) is 16.3. The minimum absolute atomic E-state index is 1.21. The zero-order chi connectivity index (χ0) is 12.3. The summed E-state index contributed by atoms with van der Waals surface area (Å²) in [5, 5.41) is 0. The molecule has 2 rings (SSSR count). The Hall–Kier alpha value is -1.30. The molecule has 0 bridgehead atoms. The van der Waals surface area contributed by atoms with Gasteiger partial charge in [0, 0.05) is 0 Å². The molecule has 0 saturated heterocycles. The maximum absolute atomic E-state index is 2.33. The van der Waals surface area contributed by atoms with Crippen LogP contribution >= 0.6 is 0 Å². The van der Waals surface area contributed by atoms with Crippen molar-refractivity contribution in [2.75, 3.05) is 0 Å². The van der Waals surface area contributed by atoms with Gasteiger partial charge in [0.1, 0.15) is 0 Å². The summed E-state index contributed by atoms with van der Waals surface area (Å²) in [4.78, 5) is 0. The normalized spacial score (nSPS) is 25.7. The molecule has 2 aliphatic carbocycles. The van der Waals surface area contributed by atoms with E-state index < -0.39 is 0 Å². The Morgan fingerprint density at radius 1 is 1.06 bits per heavy atom. The van der Waals surface area contributed by atoms with Gasteiger partial charge in [0.15, 0.2) is 0 Å². The van der Waals surface area contributed by atoms with Crippen LogP contribution in [0.25, 0.3) is 0 Å².